The molecule has 12 rings (SSSR count). The van der Waals surface area contributed by atoms with Crippen molar-refractivity contribution in [2.24, 2.45) is 0 Å². The van der Waals surface area contributed by atoms with Crippen molar-refractivity contribution in [1.82, 2.24) is 29.1 Å². The number of aromatic nitrogens is 6. The molecule has 0 aliphatic carbocycles. The molecule has 0 amide bonds. The first-order valence-electron chi connectivity index (χ1n) is 28.3. The van der Waals surface area contributed by atoms with Crippen LogP contribution in [0.15, 0.2) is 133 Å². The fourth-order valence-corrected chi connectivity index (χ4v) is 11.2. The molecule has 4 aromatic heterocycles. The summed E-state index contributed by atoms with van der Waals surface area (Å²) >= 11 is 11.6. The minimum atomic E-state index is -1.10. The molecular weight excluding hydrogens is 1220 g/mol. The molecule has 0 radical (unpaired) electrons. The molecular formula is C66H54Cl2F6N6O10. The molecule has 2 saturated heterocycles. The highest BCUT2D eigenvalue weighted by molar-refractivity contribution is 6.30. The maximum absolute atomic E-state index is 15.6. The number of ether oxygens (including phenoxy) is 6. The van der Waals surface area contributed by atoms with Gasteiger partial charge in [-0.1, -0.05) is 47.5 Å². The van der Waals surface area contributed by atoms with Gasteiger partial charge < -0.3 is 47.8 Å². The van der Waals surface area contributed by atoms with E-state index in [1.165, 1.54) is 84.9 Å². The number of carboxylic acid groups (broad SMARTS) is 2. The van der Waals surface area contributed by atoms with Gasteiger partial charge in [0.05, 0.1) is 83.1 Å². The van der Waals surface area contributed by atoms with Crippen LogP contribution in [0.2, 0.25) is 10.0 Å². The summed E-state index contributed by atoms with van der Waals surface area (Å²) in [6, 6.07) is 30.4. The lowest BCUT2D eigenvalue weighted by Crippen LogP contribution is -2.27. The highest BCUT2D eigenvalue weighted by atomic mass is 35.5. The summed E-state index contributed by atoms with van der Waals surface area (Å²) in [5, 5.41) is 19.7. The molecule has 4 atom stereocenters. The predicted octanol–water partition coefficient (Wildman–Crippen LogP) is 14.0. The summed E-state index contributed by atoms with van der Waals surface area (Å²) < 4.78 is 129. The molecule has 10 aromatic rings. The number of hydrogen-bond acceptors (Lipinski definition) is 12. The zero-order valence-corrected chi connectivity index (χ0v) is 49.5. The quantitative estimate of drug-likeness (QED) is 0.0685. The molecule has 6 aromatic carbocycles. The third-order valence-electron chi connectivity index (χ3n) is 15.2. The van der Waals surface area contributed by atoms with E-state index in [-0.39, 0.29) is 141 Å². The summed E-state index contributed by atoms with van der Waals surface area (Å²) in [5.41, 5.74) is 2.91. The molecule has 90 heavy (non-hydrogen) atoms. The van der Waals surface area contributed by atoms with Crippen molar-refractivity contribution in [3.8, 4) is 34.3 Å². The lowest BCUT2D eigenvalue weighted by atomic mass is 10.0. The number of benzene rings is 6. The van der Waals surface area contributed by atoms with Crippen molar-refractivity contribution in [2.45, 2.75) is 64.2 Å². The third-order valence-corrected chi connectivity index (χ3v) is 15.7. The Bertz CT molecular complexity index is 4070. The highest BCUT2D eigenvalue weighted by Gasteiger charge is 2.36. The smallest absolute Gasteiger partial charge is 0.335 e. The van der Waals surface area contributed by atoms with Crippen LogP contribution in [-0.4, -0.2) is 103 Å². The number of rotatable bonds is 20. The molecule has 2 aliphatic heterocycles. The van der Waals surface area contributed by atoms with Crippen LogP contribution in [0, 0.1) is 34.9 Å². The van der Waals surface area contributed by atoms with Gasteiger partial charge in [0, 0.05) is 70.5 Å². The van der Waals surface area contributed by atoms with Gasteiger partial charge in [-0.3, -0.25) is 0 Å². The van der Waals surface area contributed by atoms with Crippen LogP contribution < -0.4 is 9.47 Å². The summed E-state index contributed by atoms with van der Waals surface area (Å²) in [7, 11) is 0. The summed E-state index contributed by atoms with van der Waals surface area (Å²) in [5.74, 6) is -5.06. The molecule has 6 heterocycles. The van der Waals surface area contributed by atoms with E-state index in [1.807, 2.05) is 23.0 Å². The predicted molar refractivity (Wildman–Crippen MR) is 320 cm³/mol. The van der Waals surface area contributed by atoms with E-state index < -0.39 is 46.8 Å². The van der Waals surface area contributed by atoms with Crippen LogP contribution in [0.4, 0.5) is 26.3 Å². The van der Waals surface area contributed by atoms with Crippen LogP contribution in [0.25, 0.3) is 44.6 Å². The molecule has 16 nitrogen and oxygen atoms in total. The number of imidazole rings is 2. The van der Waals surface area contributed by atoms with Crippen LogP contribution in [0.3, 0.4) is 0 Å². The second-order valence-corrected chi connectivity index (χ2v) is 21.9. The first-order chi connectivity index (χ1) is 43.4. The number of nitrogens with zero attached hydrogens (tertiary/aromatic N) is 6. The number of carboxylic acids is 2. The first kappa shape index (κ1) is 62.7. The van der Waals surface area contributed by atoms with Gasteiger partial charge in [0.1, 0.15) is 72.0 Å². The summed E-state index contributed by atoms with van der Waals surface area (Å²) in [4.78, 5) is 41.4. The van der Waals surface area contributed by atoms with Crippen molar-refractivity contribution < 1.29 is 74.6 Å². The number of aromatic carboxylic acids is 2. The minimum Gasteiger partial charge on any atom is -0.478 e. The van der Waals surface area contributed by atoms with Crippen LogP contribution >= 0.6 is 23.2 Å². The zero-order chi connectivity index (χ0) is 63.3. The van der Waals surface area contributed by atoms with Crippen LogP contribution in [0.1, 0.15) is 80.5 Å². The zero-order valence-electron chi connectivity index (χ0n) is 47.9. The standard InChI is InChI=1S/2C33H27ClF3N3O5/c2*1-2-44-30-17-43-16-29(30)40-28-11-18(33(41)42)7-9-27(28)38-31(40)12-20-10-25(37)22(14-24(20)36)26-4-3-5-32(39-26)45-15-19-6-8-21(34)13-23(19)35/h2*3-11,13-14,29-30H,2,12,15-17H2,1H3,(H,41,42)/t2*29-,30+/m11/s1. The van der Waals surface area contributed by atoms with Crippen molar-refractivity contribution in [3.63, 3.8) is 0 Å². The third kappa shape index (κ3) is 13.8. The number of halogens is 8. The molecule has 0 spiro atoms. The first-order valence-corrected chi connectivity index (χ1v) is 29.1. The number of fused-ring (bicyclic) bond motifs is 2. The Kier molecular flexibility index (Phi) is 19.1. The molecule has 2 fully saturated rings. The van der Waals surface area contributed by atoms with Crippen LogP contribution in [-0.2, 0) is 45.0 Å². The number of hydrogen-bond donors (Lipinski definition) is 2. The van der Waals surface area contributed by atoms with Crippen molar-refractivity contribution >= 4 is 57.2 Å². The van der Waals surface area contributed by atoms with Crippen molar-refractivity contribution in [2.75, 3.05) is 39.6 Å². The number of carbonyl (C=O) groups is 2. The Morgan fingerprint density at radius 3 is 1.30 bits per heavy atom. The fraction of sp³-hybridized carbons (Fsp3) is 0.242. The Morgan fingerprint density at radius 1 is 0.500 bits per heavy atom. The molecule has 2 N–H and O–H groups in total. The second-order valence-electron chi connectivity index (χ2n) is 21.0. The van der Waals surface area contributed by atoms with Gasteiger partial charge in [-0.15, -0.1) is 0 Å². The molecule has 464 valence electrons. The maximum Gasteiger partial charge on any atom is 0.335 e. The topological polar surface area (TPSA) is 191 Å². The summed E-state index contributed by atoms with van der Waals surface area (Å²) in [6.45, 7) is 5.55. The van der Waals surface area contributed by atoms with E-state index in [0.29, 0.717) is 60.1 Å². The van der Waals surface area contributed by atoms with E-state index in [4.69, 9.17) is 51.6 Å². The fourth-order valence-electron chi connectivity index (χ4n) is 10.9. The lowest BCUT2D eigenvalue weighted by Gasteiger charge is -2.22. The minimum absolute atomic E-state index is 0.0451. The molecule has 24 heteroatoms. The molecule has 0 unspecified atom stereocenters. The average molecular weight is 1280 g/mol. The Balaban J connectivity index is 0.000000185. The van der Waals surface area contributed by atoms with E-state index in [2.05, 4.69) is 19.9 Å². The van der Waals surface area contributed by atoms with E-state index in [9.17, 15) is 28.6 Å². The average Bonchev–Trinajstić information content (AvgIpc) is 1.72. The Morgan fingerprint density at radius 2 is 0.911 bits per heavy atom. The maximum atomic E-state index is 15.6. The lowest BCUT2D eigenvalue weighted by molar-refractivity contribution is 0.0364. The van der Waals surface area contributed by atoms with Crippen molar-refractivity contribution in [1.29, 1.82) is 0 Å². The van der Waals surface area contributed by atoms with Gasteiger partial charge >= 0.3 is 11.9 Å². The Labute approximate surface area is 520 Å². The van der Waals surface area contributed by atoms with Gasteiger partial charge in [-0.25, -0.2) is 55.9 Å². The SMILES string of the molecule is CCO[C@H]1COC[C@H]1n1c(Cc2cc(F)c(-c3cccc(OCc4ccc(Cl)cc4F)n3)cc2F)nc2ccc(C(=O)O)cc21.CCO[C@H]1COC[C@H]1n1c(Cc2cc(F)c(-c3cccc(OCc4ccc(Cl)cc4F)n3)cc2F)nc2ccc(C(=O)O)cc21. The molecule has 0 saturated carbocycles. The van der Waals surface area contributed by atoms with Crippen molar-refractivity contribution in [3.05, 3.63) is 223 Å². The molecule has 2 aliphatic rings. The molecule has 0 bridgehead atoms. The van der Waals surface area contributed by atoms with E-state index >= 15 is 17.6 Å². The Hall–Kier alpha value is -8.90. The van der Waals surface area contributed by atoms with Gasteiger partial charge in [-0.2, -0.15) is 0 Å². The number of pyridine rings is 2. The highest BCUT2D eigenvalue weighted by Crippen LogP contribution is 2.36. The van der Waals surface area contributed by atoms with Gasteiger partial charge in [0.15, 0.2) is 0 Å². The van der Waals surface area contributed by atoms with E-state index in [0.717, 1.165) is 24.3 Å². The summed E-state index contributed by atoms with van der Waals surface area (Å²) in [6.07, 6.45) is -0.835. The largest absolute Gasteiger partial charge is 0.478 e. The normalized spacial score (nSPS) is 16.4. The second kappa shape index (κ2) is 27.5. The van der Waals surface area contributed by atoms with Gasteiger partial charge in [0.25, 0.3) is 0 Å². The van der Waals surface area contributed by atoms with Crippen LogP contribution in [0.5, 0.6) is 11.8 Å². The van der Waals surface area contributed by atoms with Gasteiger partial charge in [0.2, 0.25) is 11.8 Å². The monoisotopic (exact) mass is 1270 g/mol. The van der Waals surface area contributed by atoms with Gasteiger partial charge in [-0.05, 0) is 122 Å². The van der Waals surface area contributed by atoms with E-state index in [1.54, 1.807) is 24.3 Å².